The number of aryl methyl sites for hydroxylation is 2. The van der Waals surface area contributed by atoms with Gasteiger partial charge in [0.25, 0.3) is 0 Å². The highest BCUT2D eigenvalue weighted by atomic mass is 15.4. The standard InChI is InChI=1S/C23H34N4/c1-6-8-13-21-16-20(11-7-2)24-23(25-21)27-26-18(5)22-14-10-9-12-19(22)15-17(3)4/h9-10,12,14,16-17H,6-8,11,13,15H2,1-5H3,(H,24,25,27). The maximum absolute atomic E-state index is 4.66. The molecule has 146 valence electrons. The second-order valence-corrected chi connectivity index (χ2v) is 7.59. The van der Waals surface area contributed by atoms with Crippen molar-refractivity contribution in [1.82, 2.24) is 9.97 Å². The first-order chi connectivity index (χ1) is 13.0. The molecular weight excluding hydrogens is 332 g/mol. The van der Waals surface area contributed by atoms with Gasteiger partial charge in [0, 0.05) is 17.0 Å². The molecule has 0 fully saturated rings. The monoisotopic (exact) mass is 366 g/mol. The van der Waals surface area contributed by atoms with E-state index in [9.17, 15) is 0 Å². The molecule has 0 saturated carbocycles. The first-order valence-electron chi connectivity index (χ1n) is 10.3. The van der Waals surface area contributed by atoms with Crippen molar-refractivity contribution in [3.8, 4) is 0 Å². The molecule has 27 heavy (non-hydrogen) atoms. The molecule has 0 amide bonds. The molecule has 4 nitrogen and oxygen atoms in total. The number of anilines is 1. The van der Waals surface area contributed by atoms with Gasteiger partial charge in [-0.3, -0.25) is 0 Å². The molecule has 0 aliphatic rings. The van der Waals surface area contributed by atoms with Crippen molar-refractivity contribution in [2.24, 2.45) is 11.0 Å². The molecule has 0 saturated heterocycles. The van der Waals surface area contributed by atoms with E-state index >= 15 is 0 Å². The summed E-state index contributed by atoms with van der Waals surface area (Å²) in [6.45, 7) is 10.9. The van der Waals surface area contributed by atoms with Gasteiger partial charge in [-0.1, -0.05) is 64.8 Å². The first kappa shape index (κ1) is 21.1. The fourth-order valence-corrected chi connectivity index (χ4v) is 3.16. The summed E-state index contributed by atoms with van der Waals surface area (Å²) >= 11 is 0. The molecule has 0 spiro atoms. The predicted molar refractivity (Wildman–Crippen MR) is 115 cm³/mol. The predicted octanol–water partition coefficient (Wildman–Crippen LogP) is 5.81. The normalized spacial score (nSPS) is 11.9. The van der Waals surface area contributed by atoms with Gasteiger partial charge in [-0.2, -0.15) is 5.10 Å². The number of benzene rings is 1. The highest BCUT2D eigenvalue weighted by molar-refractivity contribution is 6.00. The number of hydrogen-bond donors (Lipinski definition) is 1. The maximum atomic E-state index is 4.66. The van der Waals surface area contributed by atoms with E-state index in [4.69, 9.17) is 0 Å². The lowest BCUT2D eigenvalue weighted by atomic mass is 9.96. The van der Waals surface area contributed by atoms with Gasteiger partial charge in [-0.15, -0.1) is 0 Å². The van der Waals surface area contributed by atoms with E-state index in [1.807, 2.05) is 6.92 Å². The summed E-state index contributed by atoms with van der Waals surface area (Å²) in [5.41, 5.74) is 8.79. The van der Waals surface area contributed by atoms with Crippen LogP contribution in [-0.4, -0.2) is 15.7 Å². The highest BCUT2D eigenvalue weighted by Crippen LogP contribution is 2.16. The van der Waals surface area contributed by atoms with Gasteiger partial charge in [-0.05, 0) is 50.2 Å². The molecule has 1 aromatic heterocycles. The summed E-state index contributed by atoms with van der Waals surface area (Å²) in [6, 6.07) is 10.6. The van der Waals surface area contributed by atoms with E-state index in [1.54, 1.807) is 0 Å². The minimum atomic E-state index is 0.604. The molecule has 0 unspecified atom stereocenters. The number of hydrogen-bond acceptors (Lipinski definition) is 4. The summed E-state index contributed by atoms with van der Waals surface area (Å²) in [5.74, 6) is 1.22. The first-order valence-corrected chi connectivity index (χ1v) is 10.3. The smallest absolute Gasteiger partial charge is 0.243 e. The Morgan fingerprint density at radius 2 is 1.74 bits per heavy atom. The Morgan fingerprint density at radius 1 is 1.04 bits per heavy atom. The van der Waals surface area contributed by atoms with Crippen molar-refractivity contribution in [3.05, 3.63) is 52.8 Å². The molecule has 2 rings (SSSR count). The number of nitrogens with one attached hydrogen (secondary N) is 1. The van der Waals surface area contributed by atoms with Crippen molar-refractivity contribution in [1.29, 1.82) is 0 Å². The maximum Gasteiger partial charge on any atom is 0.243 e. The molecule has 0 atom stereocenters. The molecular formula is C23H34N4. The minimum absolute atomic E-state index is 0.604. The van der Waals surface area contributed by atoms with E-state index in [-0.39, 0.29) is 0 Å². The summed E-state index contributed by atoms with van der Waals surface area (Å²) in [7, 11) is 0. The van der Waals surface area contributed by atoms with Crippen LogP contribution in [0.4, 0.5) is 5.95 Å². The fourth-order valence-electron chi connectivity index (χ4n) is 3.16. The van der Waals surface area contributed by atoms with Gasteiger partial charge in [0.1, 0.15) is 0 Å². The van der Waals surface area contributed by atoms with Crippen LogP contribution in [0, 0.1) is 5.92 Å². The van der Waals surface area contributed by atoms with Crippen LogP contribution < -0.4 is 5.43 Å². The van der Waals surface area contributed by atoms with Crippen molar-refractivity contribution >= 4 is 11.7 Å². The van der Waals surface area contributed by atoms with Crippen molar-refractivity contribution in [2.45, 2.75) is 73.1 Å². The molecule has 1 N–H and O–H groups in total. The number of unbranched alkanes of at least 4 members (excludes halogenated alkanes) is 1. The van der Waals surface area contributed by atoms with Crippen LogP contribution in [0.25, 0.3) is 0 Å². The van der Waals surface area contributed by atoms with Crippen molar-refractivity contribution < 1.29 is 0 Å². The second kappa shape index (κ2) is 10.8. The van der Waals surface area contributed by atoms with Crippen LogP contribution in [0.5, 0.6) is 0 Å². The van der Waals surface area contributed by atoms with Crippen LogP contribution in [0.1, 0.15) is 76.4 Å². The lowest BCUT2D eigenvalue weighted by molar-refractivity contribution is 0.646. The third kappa shape index (κ3) is 6.78. The molecule has 0 bridgehead atoms. The second-order valence-electron chi connectivity index (χ2n) is 7.59. The van der Waals surface area contributed by atoms with E-state index in [2.05, 4.69) is 78.5 Å². The van der Waals surface area contributed by atoms with Gasteiger partial charge in [0.05, 0.1) is 5.71 Å². The SMILES string of the molecule is CCCCc1cc(CCC)nc(NN=C(C)c2ccccc2CC(C)C)n1. The Morgan fingerprint density at radius 3 is 2.41 bits per heavy atom. The Bertz CT molecular complexity index is 750. The molecule has 4 heteroatoms. The van der Waals surface area contributed by atoms with E-state index in [0.717, 1.165) is 49.2 Å². The molecule has 0 aliphatic heterocycles. The zero-order valence-electron chi connectivity index (χ0n) is 17.5. The number of nitrogens with zero attached hydrogens (tertiary/aromatic N) is 3. The van der Waals surface area contributed by atoms with Gasteiger partial charge in [0.15, 0.2) is 0 Å². The number of rotatable bonds is 10. The average molecular weight is 367 g/mol. The van der Waals surface area contributed by atoms with Crippen LogP contribution >= 0.6 is 0 Å². The molecule has 2 aromatic rings. The zero-order chi connectivity index (χ0) is 19.6. The Kier molecular flexibility index (Phi) is 8.43. The number of hydrazone groups is 1. The topological polar surface area (TPSA) is 50.2 Å². The molecule has 0 aliphatic carbocycles. The van der Waals surface area contributed by atoms with E-state index in [0.29, 0.717) is 11.9 Å². The van der Waals surface area contributed by atoms with Crippen molar-refractivity contribution in [2.75, 3.05) is 5.43 Å². The Balaban J connectivity index is 2.22. The fraction of sp³-hybridized carbons (Fsp3) is 0.522. The van der Waals surface area contributed by atoms with Gasteiger partial charge >= 0.3 is 0 Å². The van der Waals surface area contributed by atoms with Crippen LogP contribution in [0.2, 0.25) is 0 Å². The quantitative estimate of drug-likeness (QED) is 0.426. The largest absolute Gasteiger partial charge is 0.245 e. The van der Waals surface area contributed by atoms with Crippen LogP contribution in [0.15, 0.2) is 35.4 Å². The van der Waals surface area contributed by atoms with Gasteiger partial charge in [-0.25, -0.2) is 15.4 Å². The Labute approximate surface area is 164 Å². The number of aromatic nitrogens is 2. The highest BCUT2D eigenvalue weighted by Gasteiger charge is 2.08. The molecule has 0 radical (unpaired) electrons. The van der Waals surface area contributed by atoms with Crippen LogP contribution in [0.3, 0.4) is 0 Å². The third-order valence-electron chi connectivity index (χ3n) is 4.48. The lowest BCUT2D eigenvalue weighted by Crippen LogP contribution is -2.08. The summed E-state index contributed by atoms with van der Waals surface area (Å²) in [6.07, 6.45) is 6.40. The lowest BCUT2D eigenvalue weighted by Gasteiger charge is -2.12. The van der Waals surface area contributed by atoms with E-state index in [1.165, 1.54) is 17.5 Å². The van der Waals surface area contributed by atoms with Gasteiger partial charge in [0.2, 0.25) is 5.95 Å². The Hall–Kier alpha value is -2.23. The summed E-state index contributed by atoms with van der Waals surface area (Å²) < 4.78 is 0. The molecule has 1 aromatic carbocycles. The third-order valence-corrected chi connectivity index (χ3v) is 4.48. The molecule has 1 heterocycles. The summed E-state index contributed by atoms with van der Waals surface area (Å²) in [4.78, 5) is 9.30. The van der Waals surface area contributed by atoms with E-state index < -0.39 is 0 Å². The minimum Gasteiger partial charge on any atom is -0.245 e. The zero-order valence-corrected chi connectivity index (χ0v) is 17.5. The van der Waals surface area contributed by atoms with Gasteiger partial charge < -0.3 is 0 Å². The van der Waals surface area contributed by atoms with Crippen LogP contribution in [-0.2, 0) is 19.3 Å². The van der Waals surface area contributed by atoms with Crippen molar-refractivity contribution in [3.63, 3.8) is 0 Å². The average Bonchev–Trinajstić information content (AvgIpc) is 2.64. The summed E-state index contributed by atoms with van der Waals surface area (Å²) in [5, 5.41) is 4.60.